The smallest absolute Gasteiger partial charge is 0.234 e. The molecule has 3 aliphatic heterocycles. The van der Waals surface area contributed by atoms with Gasteiger partial charge in [-0.25, -0.2) is 0 Å². The number of carbonyl (C=O) groups excluding carboxylic acids is 1. The van der Waals surface area contributed by atoms with E-state index in [4.69, 9.17) is 9.47 Å². The summed E-state index contributed by atoms with van der Waals surface area (Å²) in [4.78, 5) is 14.2. The minimum absolute atomic E-state index is 0.0168. The van der Waals surface area contributed by atoms with E-state index in [0.717, 1.165) is 65.1 Å². The first-order valence-corrected chi connectivity index (χ1v) is 8.21. The van der Waals surface area contributed by atoms with Gasteiger partial charge in [-0.3, -0.25) is 9.69 Å². The highest BCUT2D eigenvalue weighted by molar-refractivity contribution is 5.78. The van der Waals surface area contributed by atoms with E-state index in [1.165, 1.54) is 0 Å². The minimum Gasteiger partial charge on any atom is -0.376 e. The largest absolute Gasteiger partial charge is 0.376 e. The normalized spacial score (nSPS) is 29.6. The first-order valence-electron chi connectivity index (χ1n) is 8.21. The van der Waals surface area contributed by atoms with Gasteiger partial charge in [-0.1, -0.05) is 0 Å². The fourth-order valence-electron chi connectivity index (χ4n) is 3.44. The Balaban J connectivity index is 1.35. The van der Waals surface area contributed by atoms with E-state index in [2.05, 4.69) is 15.5 Å². The Kier molecular flexibility index (Phi) is 5.11. The number of nitrogens with one attached hydrogen (secondary N) is 2. The van der Waals surface area contributed by atoms with Gasteiger partial charge in [-0.2, -0.15) is 0 Å². The topological polar surface area (TPSA) is 62.8 Å². The van der Waals surface area contributed by atoms with Crippen LogP contribution >= 0.6 is 0 Å². The minimum atomic E-state index is 0.0168. The molecule has 0 aromatic heterocycles. The molecule has 3 rings (SSSR count). The summed E-state index contributed by atoms with van der Waals surface area (Å²) >= 11 is 0. The van der Waals surface area contributed by atoms with Gasteiger partial charge in [0.15, 0.2) is 0 Å². The van der Waals surface area contributed by atoms with Crippen LogP contribution in [0.5, 0.6) is 0 Å². The molecule has 1 atom stereocenters. The van der Waals surface area contributed by atoms with Crippen molar-refractivity contribution >= 4 is 5.91 Å². The van der Waals surface area contributed by atoms with Crippen molar-refractivity contribution in [2.24, 2.45) is 0 Å². The van der Waals surface area contributed by atoms with Crippen LogP contribution in [0.3, 0.4) is 0 Å². The molecule has 3 saturated heterocycles. The maximum atomic E-state index is 12.0. The Labute approximate surface area is 126 Å². The van der Waals surface area contributed by atoms with Crippen LogP contribution in [0.25, 0.3) is 0 Å². The summed E-state index contributed by atoms with van der Waals surface area (Å²) in [5.74, 6) is 0.115. The van der Waals surface area contributed by atoms with Crippen LogP contribution in [-0.4, -0.2) is 75.0 Å². The van der Waals surface area contributed by atoms with E-state index in [1.54, 1.807) is 0 Å². The summed E-state index contributed by atoms with van der Waals surface area (Å²) in [5.41, 5.74) is 0.0168. The maximum absolute atomic E-state index is 12.0. The molecule has 6 heteroatoms. The molecular weight excluding hydrogens is 270 g/mol. The quantitative estimate of drug-likeness (QED) is 0.748. The molecule has 21 heavy (non-hydrogen) atoms. The molecule has 1 unspecified atom stereocenters. The van der Waals surface area contributed by atoms with Crippen molar-refractivity contribution in [1.29, 1.82) is 0 Å². The highest BCUT2D eigenvalue weighted by atomic mass is 16.5. The Morgan fingerprint density at radius 2 is 2.19 bits per heavy atom. The van der Waals surface area contributed by atoms with Crippen LogP contribution in [0.1, 0.15) is 25.7 Å². The second-order valence-corrected chi connectivity index (χ2v) is 6.42. The number of carbonyl (C=O) groups is 1. The fraction of sp³-hybridized carbons (Fsp3) is 0.933. The van der Waals surface area contributed by atoms with Crippen molar-refractivity contribution in [1.82, 2.24) is 15.5 Å². The van der Waals surface area contributed by atoms with Gasteiger partial charge in [-0.15, -0.1) is 0 Å². The zero-order valence-electron chi connectivity index (χ0n) is 12.7. The van der Waals surface area contributed by atoms with E-state index in [-0.39, 0.29) is 17.6 Å². The van der Waals surface area contributed by atoms with Crippen molar-refractivity contribution < 1.29 is 14.3 Å². The van der Waals surface area contributed by atoms with Crippen molar-refractivity contribution in [3.63, 3.8) is 0 Å². The number of hydrogen-bond acceptors (Lipinski definition) is 5. The number of nitrogens with zero attached hydrogens (tertiary/aromatic N) is 1. The van der Waals surface area contributed by atoms with Crippen molar-refractivity contribution in [2.45, 2.75) is 37.4 Å². The van der Waals surface area contributed by atoms with Gasteiger partial charge >= 0.3 is 0 Å². The Morgan fingerprint density at radius 1 is 1.33 bits per heavy atom. The molecule has 3 aliphatic rings. The summed E-state index contributed by atoms with van der Waals surface area (Å²) < 4.78 is 11.5. The first-order chi connectivity index (χ1) is 10.3. The SMILES string of the molecule is O=C(CN1CCC2(CC1)CNCCO2)NCC1CCCO1. The van der Waals surface area contributed by atoms with Crippen molar-refractivity contribution in [3.05, 3.63) is 0 Å². The Morgan fingerprint density at radius 3 is 2.86 bits per heavy atom. The number of rotatable bonds is 4. The molecular formula is C15H27N3O3. The average Bonchev–Trinajstić information content (AvgIpc) is 3.02. The van der Waals surface area contributed by atoms with Crippen molar-refractivity contribution in [3.8, 4) is 0 Å². The number of piperidine rings is 1. The van der Waals surface area contributed by atoms with Gasteiger partial charge in [0.1, 0.15) is 0 Å². The Bertz CT molecular complexity index is 342. The molecule has 2 N–H and O–H groups in total. The van der Waals surface area contributed by atoms with Crippen LogP contribution in [-0.2, 0) is 14.3 Å². The van der Waals surface area contributed by atoms with Gasteiger partial charge < -0.3 is 20.1 Å². The summed E-state index contributed by atoms with van der Waals surface area (Å²) in [6.45, 7) is 6.58. The highest BCUT2D eigenvalue weighted by Gasteiger charge is 2.37. The van der Waals surface area contributed by atoms with Crippen LogP contribution in [0, 0.1) is 0 Å². The Hall–Kier alpha value is -0.690. The number of ether oxygens (including phenoxy) is 2. The van der Waals surface area contributed by atoms with Crippen LogP contribution < -0.4 is 10.6 Å². The van der Waals surface area contributed by atoms with E-state index in [0.29, 0.717) is 13.1 Å². The number of hydrogen-bond donors (Lipinski definition) is 2. The molecule has 120 valence electrons. The van der Waals surface area contributed by atoms with Crippen LogP contribution in [0.4, 0.5) is 0 Å². The lowest BCUT2D eigenvalue weighted by atomic mass is 9.90. The van der Waals surface area contributed by atoms with Gasteiger partial charge in [0.05, 0.1) is 24.9 Å². The van der Waals surface area contributed by atoms with Crippen molar-refractivity contribution in [2.75, 3.05) is 52.5 Å². The molecule has 0 bridgehead atoms. The lowest BCUT2D eigenvalue weighted by molar-refractivity contribution is -0.126. The third-order valence-electron chi connectivity index (χ3n) is 4.82. The van der Waals surface area contributed by atoms with E-state index in [9.17, 15) is 4.79 Å². The zero-order valence-corrected chi connectivity index (χ0v) is 12.7. The molecule has 3 fully saturated rings. The first kappa shape index (κ1) is 15.2. The predicted octanol–water partition coefficient (Wildman–Crippen LogP) is -0.264. The van der Waals surface area contributed by atoms with Gasteiger partial charge in [0.25, 0.3) is 0 Å². The van der Waals surface area contributed by atoms with Crippen LogP contribution in [0.15, 0.2) is 0 Å². The molecule has 1 spiro atoms. The zero-order chi connectivity index (χ0) is 14.5. The lowest BCUT2D eigenvalue weighted by Gasteiger charge is -2.43. The third-order valence-corrected chi connectivity index (χ3v) is 4.82. The molecule has 1 amide bonds. The molecule has 6 nitrogen and oxygen atoms in total. The second-order valence-electron chi connectivity index (χ2n) is 6.42. The summed E-state index contributed by atoms with van der Waals surface area (Å²) in [6.07, 6.45) is 4.43. The molecule has 0 saturated carbocycles. The van der Waals surface area contributed by atoms with E-state index < -0.39 is 0 Å². The molecule has 0 aromatic carbocycles. The summed E-state index contributed by atoms with van der Waals surface area (Å²) in [5, 5.41) is 6.41. The predicted molar refractivity (Wildman–Crippen MR) is 79.2 cm³/mol. The molecule has 3 heterocycles. The van der Waals surface area contributed by atoms with Crippen LogP contribution in [0.2, 0.25) is 0 Å². The lowest BCUT2D eigenvalue weighted by Crippen LogP contribution is -2.56. The summed E-state index contributed by atoms with van der Waals surface area (Å²) in [6, 6.07) is 0. The maximum Gasteiger partial charge on any atom is 0.234 e. The third kappa shape index (κ3) is 4.16. The standard InChI is InChI=1S/C15H27N3O3/c19-14(17-10-13-2-1-8-20-13)11-18-6-3-15(4-7-18)12-16-5-9-21-15/h13,16H,1-12H2,(H,17,19). The highest BCUT2D eigenvalue weighted by Crippen LogP contribution is 2.27. The molecule has 0 aromatic rings. The number of morpholine rings is 1. The summed E-state index contributed by atoms with van der Waals surface area (Å²) in [7, 11) is 0. The fourth-order valence-corrected chi connectivity index (χ4v) is 3.44. The van der Waals surface area contributed by atoms with Gasteiger partial charge in [0, 0.05) is 39.3 Å². The van der Waals surface area contributed by atoms with E-state index >= 15 is 0 Å². The number of amides is 1. The average molecular weight is 297 g/mol. The monoisotopic (exact) mass is 297 g/mol. The molecule has 0 aliphatic carbocycles. The van der Waals surface area contributed by atoms with E-state index in [1.807, 2.05) is 0 Å². The second kappa shape index (κ2) is 7.05. The molecule has 0 radical (unpaired) electrons. The van der Waals surface area contributed by atoms with Gasteiger partial charge in [0.2, 0.25) is 5.91 Å². The number of likely N-dealkylation sites (tertiary alicyclic amines) is 1. The van der Waals surface area contributed by atoms with Gasteiger partial charge in [-0.05, 0) is 25.7 Å².